The third-order valence-corrected chi connectivity index (χ3v) is 4.14. The Labute approximate surface area is 112 Å². The smallest absolute Gasteiger partial charge is 0.115 e. The lowest BCUT2D eigenvalue weighted by molar-refractivity contribution is 0.473. The number of aromatic nitrogens is 1. The Morgan fingerprint density at radius 3 is 2.94 bits per heavy atom. The summed E-state index contributed by atoms with van der Waals surface area (Å²) in [6.45, 7) is 4.99. The maximum atomic E-state index is 9.39. The maximum Gasteiger partial charge on any atom is 0.115 e. The molecule has 0 spiro atoms. The third-order valence-electron chi connectivity index (χ3n) is 2.81. The van der Waals surface area contributed by atoms with Crippen LogP contribution in [0.25, 0.3) is 0 Å². The number of aryl methyl sites for hydroxylation is 1. The molecule has 0 fully saturated rings. The highest BCUT2D eigenvalue weighted by Gasteiger charge is 2.09. The number of rotatable bonds is 5. The molecule has 4 heteroatoms. The molecule has 18 heavy (non-hydrogen) atoms. The number of phenolic OH excluding ortho intramolecular Hbond substituents is 1. The van der Waals surface area contributed by atoms with Gasteiger partial charge in [-0.2, -0.15) is 0 Å². The largest absolute Gasteiger partial charge is 0.508 e. The number of hydrogen-bond donors (Lipinski definition) is 2. The van der Waals surface area contributed by atoms with Gasteiger partial charge in [0.2, 0.25) is 0 Å². The van der Waals surface area contributed by atoms with Gasteiger partial charge in [-0.1, -0.05) is 19.1 Å². The van der Waals surface area contributed by atoms with Crippen molar-refractivity contribution in [1.29, 1.82) is 0 Å². The molecule has 2 aromatic rings. The SMILES string of the molecule is CCc1cnc(C(C)NCc2cccc(O)c2)s1. The van der Waals surface area contributed by atoms with Crippen LogP contribution in [0, 0.1) is 0 Å². The van der Waals surface area contributed by atoms with E-state index in [0.717, 1.165) is 23.5 Å². The molecule has 0 aliphatic heterocycles. The van der Waals surface area contributed by atoms with Crippen LogP contribution >= 0.6 is 11.3 Å². The number of nitrogens with one attached hydrogen (secondary N) is 1. The number of benzene rings is 1. The van der Waals surface area contributed by atoms with Crippen LogP contribution in [0.5, 0.6) is 5.75 Å². The molecule has 0 saturated carbocycles. The molecule has 96 valence electrons. The van der Waals surface area contributed by atoms with E-state index in [1.54, 1.807) is 23.5 Å². The number of hydrogen-bond acceptors (Lipinski definition) is 4. The van der Waals surface area contributed by atoms with E-state index < -0.39 is 0 Å². The summed E-state index contributed by atoms with van der Waals surface area (Å²) in [5, 5.41) is 13.9. The fourth-order valence-corrected chi connectivity index (χ4v) is 2.59. The van der Waals surface area contributed by atoms with Crippen molar-refractivity contribution in [3.05, 3.63) is 45.9 Å². The summed E-state index contributed by atoms with van der Waals surface area (Å²) in [6, 6.07) is 7.55. The predicted molar refractivity (Wildman–Crippen MR) is 74.9 cm³/mol. The molecule has 1 aromatic carbocycles. The van der Waals surface area contributed by atoms with E-state index in [-0.39, 0.29) is 6.04 Å². The summed E-state index contributed by atoms with van der Waals surface area (Å²) >= 11 is 1.76. The summed E-state index contributed by atoms with van der Waals surface area (Å²) < 4.78 is 0. The minimum absolute atomic E-state index is 0.234. The van der Waals surface area contributed by atoms with Gasteiger partial charge in [0, 0.05) is 17.6 Å². The van der Waals surface area contributed by atoms with Crippen molar-refractivity contribution in [2.24, 2.45) is 0 Å². The molecule has 1 aromatic heterocycles. The van der Waals surface area contributed by atoms with E-state index in [2.05, 4.69) is 24.1 Å². The van der Waals surface area contributed by atoms with Crippen LogP contribution in [0.4, 0.5) is 0 Å². The normalized spacial score (nSPS) is 12.6. The lowest BCUT2D eigenvalue weighted by Gasteiger charge is -2.11. The minimum atomic E-state index is 0.234. The van der Waals surface area contributed by atoms with Gasteiger partial charge in [0.15, 0.2) is 0 Å². The van der Waals surface area contributed by atoms with Crippen LogP contribution in [0.15, 0.2) is 30.5 Å². The highest BCUT2D eigenvalue weighted by Crippen LogP contribution is 2.20. The molecular weight excluding hydrogens is 244 g/mol. The molecule has 0 radical (unpaired) electrons. The van der Waals surface area contributed by atoms with E-state index >= 15 is 0 Å². The van der Waals surface area contributed by atoms with Gasteiger partial charge in [0.25, 0.3) is 0 Å². The van der Waals surface area contributed by atoms with Crippen molar-refractivity contribution in [1.82, 2.24) is 10.3 Å². The van der Waals surface area contributed by atoms with Gasteiger partial charge in [-0.3, -0.25) is 0 Å². The average Bonchev–Trinajstić information content (AvgIpc) is 2.85. The second-order valence-corrected chi connectivity index (χ2v) is 5.44. The highest BCUT2D eigenvalue weighted by molar-refractivity contribution is 7.11. The standard InChI is InChI=1S/C14H18N2OS/c1-3-13-9-16-14(18-13)10(2)15-8-11-5-4-6-12(17)7-11/h4-7,9-10,15,17H,3,8H2,1-2H3. The van der Waals surface area contributed by atoms with Crippen LogP contribution in [0.3, 0.4) is 0 Å². The molecule has 1 atom stereocenters. The molecule has 3 nitrogen and oxygen atoms in total. The first-order valence-electron chi connectivity index (χ1n) is 6.15. The molecule has 2 N–H and O–H groups in total. The van der Waals surface area contributed by atoms with Gasteiger partial charge >= 0.3 is 0 Å². The fraction of sp³-hybridized carbons (Fsp3) is 0.357. The van der Waals surface area contributed by atoms with Gasteiger partial charge in [-0.25, -0.2) is 4.98 Å². The first kappa shape index (κ1) is 13.1. The van der Waals surface area contributed by atoms with E-state index in [1.807, 2.05) is 18.3 Å². The molecule has 0 aliphatic rings. The summed E-state index contributed by atoms with van der Waals surface area (Å²) in [5.74, 6) is 0.310. The minimum Gasteiger partial charge on any atom is -0.508 e. The zero-order valence-electron chi connectivity index (χ0n) is 10.7. The van der Waals surface area contributed by atoms with E-state index in [9.17, 15) is 5.11 Å². The number of nitrogens with zero attached hydrogens (tertiary/aromatic N) is 1. The zero-order valence-corrected chi connectivity index (χ0v) is 11.5. The second-order valence-electron chi connectivity index (χ2n) is 4.29. The summed E-state index contributed by atoms with van der Waals surface area (Å²) in [5.41, 5.74) is 1.08. The monoisotopic (exact) mass is 262 g/mol. The van der Waals surface area contributed by atoms with Gasteiger partial charge in [0.05, 0.1) is 6.04 Å². The predicted octanol–water partition coefficient (Wildman–Crippen LogP) is 3.26. The fourth-order valence-electron chi connectivity index (χ4n) is 1.71. The second kappa shape index (κ2) is 5.98. The molecule has 2 rings (SSSR count). The topological polar surface area (TPSA) is 45.2 Å². The Balaban J connectivity index is 1.93. The van der Waals surface area contributed by atoms with E-state index in [0.29, 0.717) is 5.75 Å². The van der Waals surface area contributed by atoms with Crippen molar-refractivity contribution in [2.45, 2.75) is 32.9 Å². The molecule has 0 saturated heterocycles. The molecule has 0 amide bonds. The lowest BCUT2D eigenvalue weighted by atomic mass is 10.2. The Morgan fingerprint density at radius 1 is 1.44 bits per heavy atom. The van der Waals surface area contributed by atoms with Crippen molar-refractivity contribution in [3.8, 4) is 5.75 Å². The Kier molecular flexibility index (Phi) is 4.33. The Bertz CT molecular complexity index is 510. The zero-order chi connectivity index (χ0) is 13.0. The van der Waals surface area contributed by atoms with Crippen molar-refractivity contribution >= 4 is 11.3 Å². The van der Waals surface area contributed by atoms with Crippen molar-refractivity contribution < 1.29 is 5.11 Å². The van der Waals surface area contributed by atoms with Crippen LogP contribution in [-0.2, 0) is 13.0 Å². The molecular formula is C14H18N2OS. The van der Waals surface area contributed by atoms with Crippen LogP contribution < -0.4 is 5.32 Å². The van der Waals surface area contributed by atoms with Crippen molar-refractivity contribution in [2.75, 3.05) is 0 Å². The quantitative estimate of drug-likeness (QED) is 0.869. The number of phenols is 1. The van der Waals surface area contributed by atoms with Gasteiger partial charge in [-0.05, 0) is 31.0 Å². The number of thiazole rings is 1. The molecule has 0 bridgehead atoms. The average molecular weight is 262 g/mol. The Hall–Kier alpha value is -1.39. The first-order chi connectivity index (χ1) is 8.69. The van der Waals surface area contributed by atoms with Crippen molar-refractivity contribution in [3.63, 3.8) is 0 Å². The summed E-state index contributed by atoms with van der Waals surface area (Å²) in [4.78, 5) is 5.74. The lowest BCUT2D eigenvalue weighted by Crippen LogP contribution is -2.17. The van der Waals surface area contributed by atoms with Crippen LogP contribution in [0.2, 0.25) is 0 Å². The number of aromatic hydroxyl groups is 1. The van der Waals surface area contributed by atoms with Crippen LogP contribution in [-0.4, -0.2) is 10.1 Å². The molecule has 1 heterocycles. The van der Waals surface area contributed by atoms with Gasteiger partial charge < -0.3 is 10.4 Å². The van der Waals surface area contributed by atoms with Gasteiger partial charge in [0.1, 0.15) is 10.8 Å². The van der Waals surface area contributed by atoms with Gasteiger partial charge in [-0.15, -0.1) is 11.3 Å². The third kappa shape index (κ3) is 3.31. The summed E-state index contributed by atoms with van der Waals surface area (Å²) in [6.07, 6.45) is 2.99. The molecule has 1 unspecified atom stereocenters. The highest BCUT2D eigenvalue weighted by atomic mass is 32.1. The van der Waals surface area contributed by atoms with E-state index in [4.69, 9.17) is 0 Å². The molecule has 0 aliphatic carbocycles. The maximum absolute atomic E-state index is 9.39. The van der Waals surface area contributed by atoms with Crippen LogP contribution in [0.1, 0.15) is 35.3 Å². The summed E-state index contributed by atoms with van der Waals surface area (Å²) in [7, 11) is 0. The Morgan fingerprint density at radius 2 is 2.28 bits per heavy atom. The van der Waals surface area contributed by atoms with E-state index in [1.165, 1.54) is 4.88 Å². The first-order valence-corrected chi connectivity index (χ1v) is 6.96.